The summed E-state index contributed by atoms with van der Waals surface area (Å²) >= 11 is 0. The number of benzene rings is 2. The minimum atomic E-state index is -1.93. The van der Waals surface area contributed by atoms with Gasteiger partial charge in [-0.1, -0.05) is 30.3 Å². The summed E-state index contributed by atoms with van der Waals surface area (Å²) in [4.78, 5) is 0. The first-order valence-corrected chi connectivity index (χ1v) is 5.04. The average Bonchev–Trinajstić information content (AvgIpc) is 2.32. The molecule has 2 aromatic carbocycles. The van der Waals surface area contributed by atoms with Crippen molar-refractivity contribution in [3.05, 3.63) is 54.3 Å². The monoisotopic (exact) mass is 232 g/mol. The van der Waals surface area contributed by atoms with Crippen molar-refractivity contribution in [1.29, 1.82) is 0 Å². The van der Waals surface area contributed by atoms with Gasteiger partial charge < -0.3 is 14.7 Å². The van der Waals surface area contributed by atoms with Crippen LogP contribution in [0.15, 0.2) is 48.5 Å². The van der Waals surface area contributed by atoms with Crippen LogP contribution in [0.25, 0.3) is 11.1 Å². The highest BCUT2D eigenvalue weighted by Crippen LogP contribution is 2.30. The molecule has 0 fully saturated rings. The molecule has 0 radical (unpaired) electrons. The lowest BCUT2D eigenvalue weighted by atomic mass is 10.0. The molecule has 0 aliphatic rings. The summed E-state index contributed by atoms with van der Waals surface area (Å²) in [6.45, 7) is 0. The number of hydrogen-bond acceptors (Lipinski definition) is 3. The van der Waals surface area contributed by atoms with Gasteiger partial charge >= 0.3 is 7.32 Å². The first-order chi connectivity index (χ1) is 8.16. The van der Waals surface area contributed by atoms with Crippen molar-refractivity contribution < 1.29 is 19.1 Å². The molecule has 0 saturated heterocycles. The molecule has 0 amide bonds. The zero-order chi connectivity index (χ0) is 12.3. The second-order valence-electron chi connectivity index (χ2n) is 3.45. The Morgan fingerprint density at radius 3 is 2.35 bits per heavy atom. The van der Waals surface area contributed by atoms with Crippen LogP contribution in [-0.4, -0.2) is 17.4 Å². The second-order valence-corrected chi connectivity index (χ2v) is 3.45. The molecule has 0 spiro atoms. The van der Waals surface area contributed by atoms with E-state index in [1.807, 2.05) is 6.07 Å². The van der Waals surface area contributed by atoms with Crippen LogP contribution in [0.5, 0.6) is 5.75 Å². The van der Waals surface area contributed by atoms with E-state index in [4.69, 9.17) is 14.7 Å². The summed E-state index contributed by atoms with van der Waals surface area (Å²) in [5.74, 6) is -0.198. The molecule has 5 heteroatoms. The Kier molecular flexibility index (Phi) is 3.42. The Morgan fingerprint density at radius 2 is 1.71 bits per heavy atom. The average molecular weight is 232 g/mol. The predicted molar refractivity (Wildman–Crippen MR) is 62.7 cm³/mol. The molecule has 0 bridgehead atoms. The lowest BCUT2D eigenvalue weighted by Crippen LogP contribution is -2.20. The zero-order valence-corrected chi connectivity index (χ0v) is 8.88. The lowest BCUT2D eigenvalue weighted by Gasteiger charge is -2.11. The maximum absolute atomic E-state index is 13.2. The predicted octanol–water partition coefficient (Wildman–Crippen LogP) is 1.84. The molecule has 0 aliphatic heterocycles. The van der Waals surface area contributed by atoms with Crippen molar-refractivity contribution in [1.82, 2.24) is 0 Å². The van der Waals surface area contributed by atoms with Crippen molar-refractivity contribution in [2.24, 2.45) is 0 Å². The standard InChI is InChI=1S/C12H10BFO3/c14-10-6-7-12(17-13(15)16)11(8-10)9-4-2-1-3-5-9/h1-8,15-16H. The molecule has 0 unspecified atom stereocenters. The summed E-state index contributed by atoms with van der Waals surface area (Å²) in [6, 6.07) is 12.9. The van der Waals surface area contributed by atoms with Gasteiger partial charge in [0.15, 0.2) is 0 Å². The van der Waals surface area contributed by atoms with Gasteiger partial charge in [0.2, 0.25) is 0 Å². The van der Waals surface area contributed by atoms with Crippen LogP contribution >= 0.6 is 0 Å². The van der Waals surface area contributed by atoms with E-state index < -0.39 is 13.1 Å². The van der Waals surface area contributed by atoms with Crippen LogP contribution in [-0.2, 0) is 0 Å². The Hall–Kier alpha value is -1.85. The van der Waals surface area contributed by atoms with Crippen molar-refractivity contribution in [2.45, 2.75) is 0 Å². The highest BCUT2D eigenvalue weighted by Gasteiger charge is 2.15. The van der Waals surface area contributed by atoms with Crippen LogP contribution in [0.1, 0.15) is 0 Å². The summed E-state index contributed by atoms with van der Waals surface area (Å²) in [5.41, 5.74) is 1.21. The van der Waals surface area contributed by atoms with Crippen LogP contribution < -0.4 is 4.65 Å². The third kappa shape index (κ3) is 2.84. The van der Waals surface area contributed by atoms with Crippen LogP contribution in [0.4, 0.5) is 4.39 Å². The molecule has 0 aromatic heterocycles. The third-order valence-corrected chi connectivity index (χ3v) is 2.26. The van der Waals surface area contributed by atoms with Crippen molar-refractivity contribution in [2.75, 3.05) is 0 Å². The van der Waals surface area contributed by atoms with Gasteiger partial charge in [0.25, 0.3) is 0 Å². The molecule has 86 valence electrons. The van der Waals surface area contributed by atoms with E-state index in [0.29, 0.717) is 5.56 Å². The SMILES string of the molecule is OB(O)Oc1ccc(F)cc1-c1ccccc1. The Morgan fingerprint density at radius 1 is 1.00 bits per heavy atom. The lowest BCUT2D eigenvalue weighted by molar-refractivity contribution is 0.288. The van der Waals surface area contributed by atoms with Crippen molar-refractivity contribution in [3.63, 3.8) is 0 Å². The van der Waals surface area contributed by atoms with Gasteiger partial charge in [0.05, 0.1) is 0 Å². The van der Waals surface area contributed by atoms with Crippen LogP contribution in [0, 0.1) is 5.82 Å². The van der Waals surface area contributed by atoms with Gasteiger partial charge in [0, 0.05) is 5.56 Å². The maximum Gasteiger partial charge on any atom is 0.707 e. The number of halogens is 1. The summed E-state index contributed by atoms with van der Waals surface area (Å²) < 4.78 is 18.0. The fourth-order valence-corrected chi connectivity index (χ4v) is 1.56. The van der Waals surface area contributed by atoms with Gasteiger partial charge in [-0.2, -0.15) is 0 Å². The van der Waals surface area contributed by atoms with Crippen molar-refractivity contribution in [3.8, 4) is 16.9 Å². The highest BCUT2D eigenvalue weighted by molar-refractivity contribution is 6.34. The molecule has 0 saturated carbocycles. The van der Waals surface area contributed by atoms with Gasteiger partial charge in [0.1, 0.15) is 11.6 Å². The first-order valence-electron chi connectivity index (χ1n) is 5.04. The molecule has 17 heavy (non-hydrogen) atoms. The molecule has 0 aliphatic carbocycles. The fourth-order valence-electron chi connectivity index (χ4n) is 1.56. The maximum atomic E-state index is 13.2. The largest absolute Gasteiger partial charge is 0.707 e. The Balaban J connectivity index is 2.47. The van der Waals surface area contributed by atoms with E-state index in [-0.39, 0.29) is 5.75 Å². The van der Waals surface area contributed by atoms with E-state index in [2.05, 4.69) is 0 Å². The molecule has 2 N–H and O–H groups in total. The molecular formula is C12H10BFO3. The third-order valence-electron chi connectivity index (χ3n) is 2.26. The van der Waals surface area contributed by atoms with Gasteiger partial charge in [-0.25, -0.2) is 4.39 Å². The molecule has 2 rings (SSSR count). The molecule has 2 aromatic rings. The van der Waals surface area contributed by atoms with Gasteiger partial charge in [-0.3, -0.25) is 0 Å². The topological polar surface area (TPSA) is 49.7 Å². The normalized spacial score (nSPS) is 10.1. The Labute approximate surface area is 98.3 Å². The quantitative estimate of drug-likeness (QED) is 0.793. The van der Waals surface area contributed by atoms with Crippen LogP contribution in [0.2, 0.25) is 0 Å². The van der Waals surface area contributed by atoms with Gasteiger partial charge in [-0.05, 0) is 23.8 Å². The number of rotatable bonds is 3. The van der Waals surface area contributed by atoms with E-state index in [9.17, 15) is 4.39 Å². The minimum Gasteiger partial charge on any atom is -0.512 e. The van der Waals surface area contributed by atoms with Gasteiger partial charge in [-0.15, -0.1) is 0 Å². The highest BCUT2D eigenvalue weighted by atomic mass is 19.1. The van der Waals surface area contributed by atoms with Crippen molar-refractivity contribution >= 4 is 7.32 Å². The number of hydrogen-bond donors (Lipinski definition) is 2. The molecule has 0 atom stereocenters. The molecular weight excluding hydrogens is 222 g/mol. The van der Waals surface area contributed by atoms with E-state index in [1.165, 1.54) is 18.2 Å². The summed E-state index contributed by atoms with van der Waals surface area (Å²) in [6.07, 6.45) is 0. The zero-order valence-electron chi connectivity index (χ0n) is 8.88. The molecule has 0 heterocycles. The smallest absolute Gasteiger partial charge is 0.512 e. The van der Waals surface area contributed by atoms with E-state index in [0.717, 1.165) is 5.56 Å². The minimum absolute atomic E-state index is 0.215. The fraction of sp³-hybridized carbons (Fsp3) is 0. The van der Waals surface area contributed by atoms with E-state index >= 15 is 0 Å². The second kappa shape index (κ2) is 4.99. The first kappa shape index (κ1) is 11.6. The summed E-state index contributed by atoms with van der Waals surface area (Å²) in [7, 11) is -1.93. The molecule has 3 nitrogen and oxygen atoms in total. The summed E-state index contributed by atoms with van der Waals surface area (Å²) in [5, 5.41) is 17.6. The van der Waals surface area contributed by atoms with Crippen LogP contribution in [0.3, 0.4) is 0 Å². The Bertz CT molecular complexity index is 502. The van der Waals surface area contributed by atoms with E-state index in [1.54, 1.807) is 24.3 Å².